The molecule has 1 amide bonds. The van der Waals surface area contributed by atoms with E-state index in [4.69, 9.17) is 15.9 Å². The highest BCUT2D eigenvalue weighted by Crippen LogP contribution is 2.24. The number of benzene rings is 2. The number of phenols is 1. The number of aromatic hydroxyl groups is 1. The highest BCUT2D eigenvalue weighted by atomic mass is 16.5. The zero-order chi connectivity index (χ0) is 21.3. The van der Waals surface area contributed by atoms with Crippen LogP contribution in [-0.2, 0) is 4.79 Å². The molecule has 0 aromatic heterocycles. The molecule has 0 unspecified atom stereocenters. The van der Waals surface area contributed by atoms with Crippen molar-refractivity contribution in [1.82, 2.24) is 5.32 Å². The molecule has 0 radical (unpaired) electrons. The van der Waals surface area contributed by atoms with Crippen LogP contribution in [0.5, 0.6) is 11.5 Å². The summed E-state index contributed by atoms with van der Waals surface area (Å²) in [7, 11) is 0. The van der Waals surface area contributed by atoms with Gasteiger partial charge in [-0.15, -0.1) is 0 Å². The van der Waals surface area contributed by atoms with Gasteiger partial charge >= 0.3 is 0 Å². The second-order valence-corrected chi connectivity index (χ2v) is 7.32. The Morgan fingerprint density at radius 1 is 1.20 bits per heavy atom. The molecule has 3 rings (SSSR count). The van der Waals surface area contributed by atoms with Crippen LogP contribution in [0.4, 0.5) is 11.4 Å². The molecule has 1 saturated heterocycles. The van der Waals surface area contributed by atoms with E-state index in [2.05, 4.69) is 16.0 Å². The largest absolute Gasteiger partial charge is 0.506 e. The topological polar surface area (TPSA) is 132 Å². The van der Waals surface area contributed by atoms with E-state index in [1.807, 2.05) is 24.3 Å². The summed E-state index contributed by atoms with van der Waals surface area (Å²) < 4.78 is 5.99. The molecular formula is C22H29N5O3. The van der Waals surface area contributed by atoms with Crippen LogP contribution in [0.3, 0.4) is 0 Å². The summed E-state index contributed by atoms with van der Waals surface area (Å²) in [5.41, 5.74) is 7.11. The molecular weight excluding hydrogens is 382 g/mol. The first-order valence-electron chi connectivity index (χ1n) is 10.2. The zero-order valence-electron chi connectivity index (χ0n) is 16.9. The summed E-state index contributed by atoms with van der Waals surface area (Å²) in [6.07, 6.45) is 3.26. The molecule has 1 heterocycles. The van der Waals surface area contributed by atoms with Crippen LogP contribution in [0.25, 0.3) is 0 Å². The number of piperidine rings is 1. The van der Waals surface area contributed by atoms with Gasteiger partial charge in [-0.1, -0.05) is 0 Å². The normalized spacial score (nSPS) is 14.1. The lowest BCUT2D eigenvalue weighted by Crippen LogP contribution is -2.34. The van der Waals surface area contributed by atoms with Gasteiger partial charge in [0.2, 0.25) is 5.91 Å². The third-order valence-electron chi connectivity index (χ3n) is 4.93. The first-order valence-corrected chi connectivity index (χ1v) is 10.2. The average Bonchev–Trinajstić information content (AvgIpc) is 2.74. The van der Waals surface area contributed by atoms with Crippen molar-refractivity contribution < 1.29 is 14.6 Å². The van der Waals surface area contributed by atoms with Crippen LogP contribution in [0.2, 0.25) is 0 Å². The minimum absolute atomic E-state index is 0.0572. The number of carbonyl (C=O) groups excluding carboxylic acids is 1. The summed E-state index contributed by atoms with van der Waals surface area (Å²) >= 11 is 0. The summed E-state index contributed by atoms with van der Waals surface area (Å²) in [5.74, 6) is 0.484. The maximum absolute atomic E-state index is 12.1. The third kappa shape index (κ3) is 6.38. The van der Waals surface area contributed by atoms with Gasteiger partial charge in [-0.05, 0) is 74.8 Å². The van der Waals surface area contributed by atoms with Crippen molar-refractivity contribution in [2.24, 2.45) is 5.73 Å². The Morgan fingerprint density at radius 3 is 2.63 bits per heavy atom. The maximum atomic E-state index is 12.1. The molecule has 1 fully saturated rings. The number of amidine groups is 1. The van der Waals surface area contributed by atoms with E-state index in [0.29, 0.717) is 24.9 Å². The summed E-state index contributed by atoms with van der Waals surface area (Å²) in [6, 6.07) is 12.3. The lowest BCUT2D eigenvalue weighted by atomic mass is 10.1. The summed E-state index contributed by atoms with van der Waals surface area (Å²) in [4.78, 5) is 12.1. The van der Waals surface area contributed by atoms with E-state index in [1.165, 1.54) is 18.2 Å². The van der Waals surface area contributed by atoms with Gasteiger partial charge in [-0.2, -0.15) is 0 Å². The second-order valence-electron chi connectivity index (χ2n) is 7.32. The molecule has 0 bridgehead atoms. The van der Waals surface area contributed by atoms with E-state index in [-0.39, 0.29) is 29.3 Å². The van der Waals surface area contributed by atoms with Gasteiger partial charge in [-0.25, -0.2) is 0 Å². The molecule has 2 aromatic rings. The molecule has 1 aliphatic rings. The predicted octanol–water partition coefficient (Wildman–Crippen LogP) is 2.64. The van der Waals surface area contributed by atoms with Crippen LogP contribution in [-0.4, -0.2) is 42.6 Å². The van der Waals surface area contributed by atoms with Gasteiger partial charge in [0, 0.05) is 24.2 Å². The molecule has 0 atom stereocenters. The monoisotopic (exact) mass is 411 g/mol. The number of ether oxygens (including phenoxy) is 1. The van der Waals surface area contributed by atoms with Crippen LogP contribution in [0.15, 0.2) is 42.5 Å². The molecule has 2 aromatic carbocycles. The predicted molar refractivity (Wildman–Crippen MR) is 118 cm³/mol. The number of phenolic OH excluding ortho intramolecular Hbond substituents is 1. The number of anilines is 2. The molecule has 0 aliphatic carbocycles. The minimum Gasteiger partial charge on any atom is -0.506 e. The number of nitrogens with one attached hydrogen (secondary N) is 4. The van der Waals surface area contributed by atoms with Crippen LogP contribution in [0.1, 0.15) is 31.2 Å². The standard InChI is InChI=1S/C22H29N5O3/c23-22(24)15-3-8-20(28)19(14-15)27-21(29)2-1-11-26-16-4-6-17(7-5-16)30-18-9-12-25-13-10-18/h3-8,14,18,25-26,28H,1-2,9-13H2,(H3,23,24)(H,27,29). The fourth-order valence-corrected chi connectivity index (χ4v) is 3.26. The fraction of sp³-hybridized carbons (Fsp3) is 0.364. The number of amides is 1. The van der Waals surface area contributed by atoms with Gasteiger partial charge in [-0.3, -0.25) is 10.2 Å². The van der Waals surface area contributed by atoms with E-state index < -0.39 is 0 Å². The van der Waals surface area contributed by atoms with Crippen LogP contribution in [0, 0.1) is 5.41 Å². The zero-order valence-corrected chi connectivity index (χ0v) is 16.9. The maximum Gasteiger partial charge on any atom is 0.224 e. The van der Waals surface area contributed by atoms with E-state index >= 15 is 0 Å². The minimum atomic E-state index is -0.210. The molecule has 7 N–H and O–H groups in total. The van der Waals surface area contributed by atoms with Gasteiger partial charge < -0.3 is 31.5 Å². The molecule has 160 valence electrons. The Kier molecular flexibility index (Phi) is 7.51. The highest BCUT2D eigenvalue weighted by Gasteiger charge is 2.14. The molecule has 1 aliphatic heterocycles. The van der Waals surface area contributed by atoms with E-state index in [9.17, 15) is 9.90 Å². The van der Waals surface area contributed by atoms with Crippen molar-refractivity contribution in [1.29, 1.82) is 5.41 Å². The molecule has 8 heteroatoms. The van der Waals surface area contributed by atoms with E-state index in [0.717, 1.165) is 37.4 Å². The first kappa shape index (κ1) is 21.4. The van der Waals surface area contributed by atoms with E-state index in [1.54, 1.807) is 0 Å². The van der Waals surface area contributed by atoms with Gasteiger partial charge in [0.1, 0.15) is 23.4 Å². The van der Waals surface area contributed by atoms with Crippen molar-refractivity contribution in [3.63, 3.8) is 0 Å². The number of carbonyl (C=O) groups is 1. The third-order valence-corrected chi connectivity index (χ3v) is 4.93. The van der Waals surface area contributed by atoms with Crippen LogP contribution >= 0.6 is 0 Å². The van der Waals surface area contributed by atoms with Crippen molar-refractivity contribution in [3.05, 3.63) is 48.0 Å². The molecule has 0 spiro atoms. The molecule has 0 saturated carbocycles. The Labute approximate surface area is 176 Å². The average molecular weight is 412 g/mol. The Morgan fingerprint density at radius 2 is 1.93 bits per heavy atom. The van der Waals surface area contributed by atoms with Crippen molar-refractivity contribution in [2.75, 3.05) is 30.3 Å². The molecule has 8 nitrogen and oxygen atoms in total. The van der Waals surface area contributed by atoms with Crippen molar-refractivity contribution >= 4 is 23.1 Å². The number of rotatable bonds is 9. The quantitative estimate of drug-likeness (QED) is 0.163. The van der Waals surface area contributed by atoms with Crippen LogP contribution < -0.4 is 26.4 Å². The number of hydrogen-bond acceptors (Lipinski definition) is 6. The van der Waals surface area contributed by atoms with Gasteiger partial charge in [0.05, 0.1) is 5.69 Å². The lowest BCUT2D eigenvalue weighted by Gasteiger charge is -2.23. The molecule has 30 heavy (non-hydrogen) atoms. The Bertz CT molecular complexity index is 864. The summed E-state index contributed by atoms with van der Waals surface area (Å²) in [6.45, 7) is 2.64. The number of nitrogens with two attached hydrogens (primary N) is 1. The fourth-order valence-electron chi connectivity index (χ4n) is 3.26. The highest BCUT2D eigenvalue weighted by molar-refractivity contribution is 5.98. The number of hydrogen-bond donors (Lipinski definition) is 6. The summed E-state index contributed by atoms with van der Waals surface area (Å²) in [5, 5.41) is 26.6. The smallest absolute Gasteiger partial charge is 0.224 e. The first-order chi connectivity index (χ1) is 14.5. The van der Waals surface area contributed by atoms with Gasteiger partial charge in [0.25, 0.3) is 0 Å². The van der Waals surface area contributed by atoms with Gasteiger partial charge in [0.15, 0.2) is 0 Å². The number of nitrogen functional groups attached to an aromatic ring is 1. The van der Waals surface area contributed by atoms with Crippen molar-refractivity contribution in [3.8, 4) is 11.5 Å². The SMILES string of the molecule is N=C(N)c1ccc(O)c(NC(=O)CCCNc2ccc(OC3CCNCC3)cc2)c1. The lowest BCUT2D eigenvalue weighted by molar-refractivity contribution is -0.116. The Hall–Kier alpha value is -3.26. The Balaban J connectivity index is 1.39. The van der Waals surface area contributed by atoms with Crippen molar-refractivity contribution in [2.45, 2.75) is 31.8 Å². The second kappa shape index (κ2) is 10.5.